The van der Waals surface area contributed by atoms with Crippen molar-refractivity contribution in [2.75, 3.05) is 7.05 Å². The van der Waals surface area contributed by atoms with Crippen LogP contribution in [-0.4, -0.2) is 39.5 Å². The summed E-state index contributed by atoms with van der Waals surface area (Å²) in [6, 6.07) is 0. The van der Waals surface area contributed by atoms with Gasteiger partial charge in [0, 0.05) is 42.1 Å². The Bertz CT molecular complexity index is 304. The summed E-state index contributed by atoms with van der Waals surface area (Å²) < 4.78 is 77.6. The quantitative estimate of drug-likeness (QED) is 0.223. The Morgan fingerprint density at radius 1 is 0.367 bits per heavy atom. The van der Waals surface area contributed by atoms with Gasteiger partial charge in [-0.3, -0.25) is 0 Å². The van der Waals surface area contributed by atoms with Crippen molar-refractivity contribution in [3.63, 3.8) is 0 Å². The van der Waals surface area contributed by atoms with E-state index in [0.29, 0.717) is 0 Å². The van der Waals surface area contributed by atoms with E-state index >= 15 is 0 Å². The smallest absolute Gasteiger partial charge is 0 e. The standard InChI is InChI=1S/C5H15As2N.10CO.2W/c1-6(2)8(5)7(3)4;10*1-2;;/h1-5H3;;;;;;;;;;;;. The molecule has 15 heteroatoms. The number of nitrogens with zero attached hydrogens (tertiary/aromatic N) is 1. The summed E-state index contributed by atoms with van der Waals surface area (Å²) in [5.74, 6) is 0. The zero-order chi connectivity index (χ0) is 26.7. The molecule has 0 heterocycles. The fourth-order valence-electron chi connectivity index (χ4n) is 0.358. The minimum atomic E-state index is -0.483. The molecule has 0 aliphatic rings. The Morgan fingerprint density at radius 3 is 0.433 bits per heavy atom. The first-order valence-electron chi connectivity index (χ1n) is 4.68. The third-order valence-electron chi connectivity index (χ3n) is 1.16. The van der Waals surface area contributed by atoms with Crippen LogP contribution in [0.4, 0.5) is 0 Å². The van der Waals surface area contributed by atoms with Crippen molar-refractivity contribution in [2.45, 2.75) is 22.8 Å². The van der Waals surface area contributed by atoms with Crippen molar-refractivity contribution in [3.8, 4) is 0 Å². The van der Waals surface area contributed by atoms with Gasteiger partial charge in [-0.15, -0.1) is 0 Å². The van der Waals surface area contributed by atoms with E-state index in [0.717, 1.165) is 0 Å². The maximum Gasteiger partial charge on any atom is 0 e. The molecule has 0 rings (SSSR count). The number of rotatable bonds is 2. The van der Waals surface area contributed by atoms with Crippen LogP contribution in [0.15, 0.2) is 0 Å². The van der Waals surface area contributed by atoms with Crippen LogP contribution in [0.5, 0.6) is 0 Å². The van der Waals surface area contributed by atoms with Crippen molar-refractivity contribution in [2.24, 2.45) is 0 Å². The van der Waals surface area contributed by atoms with Crippen LogP contribution in [0, 0.1) is 66.5 Å². The van der Waals surface area contributed by atoms with E-state index in [1.165, 1.54) is 0 Å². The summed E-state index contributed by atoms with van der Waals surface area (Å²) in [5, 5.41) is 0. The molecule has 0 fully saturated rings. The van der Waals surface area contributed by atoms with E-state index in [4.69, 9.17) is 46.5 Å². The van der Waals surface area contributed by atoms with Crippen LogP contribution < -0.4 is 0 Å². The second kappa shape index (κ2) is 286. The molecule has 0 radical (unpaired) electrons. The van der Waals surface area contributed by atoms with Crippen LogP contribution in [0.25, 0.3) is 0 Å². The van der Waals surface area contributed by atoms with E-state index in [2.05, 4.69) is 99.1 Å². The summed E-state index contributed by atoms with van der Waals surface area (Å²) in [4.78, 5) is 0. The Labute approximate surface area is 216 Å². The Hall–Kier alpha value is -0.146. The molecule has 0 amide bonds. The van der Waals surface area contributed by atoms with Crippen LogP contribution in [0.2, 0.25) is 22.8 Å². The number of hydrogen-bond donors (Lipinski definition) is 0. The molecular weight excluding hydrogens is 872 g/mol. The Morgan fingerprint density at radius 2 is 0.433 bits per heavy atom. The van der Waals surface area contributed by atoms with E-state index in [1.807, 2.05) is 0 Å². The first-order valence-corrected chi connectivity index (χ1v) is 13.9. The molecule has 30 heavy (non-hydrogen) atoms. The van der Waals surface area contributed by atoms with Crippen LogP contribution in [0.1, 0.15) is 0 Å². The predicted molar refractivity (Wildman–Crippen MR) is 82.0 cm³/mol. The molecule has 0 bridgehead atoms. The van der Waals surface area contributed by atoms with Gasteiger partial charge in [0.25, 0.3) is 0 Å². The third-order valence-corrected chi connectivity index (χ3v) is 13.8. The molecule has 0 atom stereocenters. The molecule has 162 valence electrons. The van der Waals surface area contributed by atoms with Crippen molar-refractivity contribution in [1.82, 2.24) is 2.73 Å². The number of hydrogen-bond acceptors (Lipinski definition) is 1. The Balaban J connectivity index is -0.0000000104. The molecule has 0 aromatic heterocycles. The minimum Gasteiger partial charge on any atom is 0 e. The fraction of sp³-hybridized carbons (Fsp3) is 0.333. The maximum absolute atomic E-state index is 7.50. The van der Waals surface area contributed by atoms with Gasteiger partial charge in [0.1, 0.15) is 0 Å². The molecular formula is C15H15As2NO10W2. The van der Waals surface area contributed by atoms with Crippen LogP contribution in [-0.2, 0) is 88.7 Å². The van der Waals surface area contributed by atoms with E-state index < -0.39 is 29.8 Å². The summed E-state index contributed by atoms with van der Waals surface area (Å²) in [6.07, 6.45) is 0. The van der Waals surface area contributed by atoms with Crippen molar-refractivity contribution < 1.29 is 88.7 Å². The van der Waals surface area contributed by atoms with Gasteiger partial charge in [0.2, 0.25) is 0 Å². The molecule has 0 spiro atoms. The van der Waals surface area contributed by atoms with Gasteiger partial charge in [0.15, 0.2) is 0 Å². The molecule has 0 aliphatic carbocycles. The van der Waals surface area contributed by atoms with Gasteiger partial charge in [0.05, 0.1) is 0 Å². The average Bonchev–Trinajstić information content (AvgIpc) is 2.86. The minimum absolute atomic E-state index is 0. The molecule has 0 aliphatic heterocycles. The van der Waals surface area contributed by atoms with Gasteiger partial charge < -0.3 is 0 Å². The molecule has 0 saturated carbocycles. The Kier molecular flexibility index (Phi) is 833. The van der Waals surface area contributed by atoms with E-state index in [-0.39, 0.29) is 42.1 Å². The zero-order valence-electron chi connectivity index (χ0n) is 16.2. The first kappa shape index (κ1) is 87.5. The SMILES string of the molecule is CN([As](C)C)[As](C)C.[C-]#[O+].[C-]#[O+].[C-]#[O+].[C-]#[O+].[C-]#[O+].[C-]#[O+].[C-]#[O+].[C-]#[O+].[C-]#[O+].[C-]#[O+].[W].[W]. The predicted octanol–water partition coefficient (Wildman–Crippen LogP) is 1.04. The largest absolute Gasteiger partial charge is 0 e. The molecule has 11 nitrogen and oxygen atoms in total. The van der Waals surface area contributed by atoms with Gasteiger partial charge >= 0.3 is 175 Å². The fourth-order valence-corrected chi connectivity index (χ4v) is 9.66. The topological polar surface area (TPSA) is 202 Å². The summed E-state index contributed by atoms with van der Waals surface area (Å²) in [7, 11) is 2.28. The second-order valence-corrected chi connectivity index (χ2v) is 13.3. The molecule has 0 aromatic rings. The summed E-state index contributed by atoms with van der Waals surface area (Å²) >= 11 is -0.965. The molecule has 0 N–H and O–H groups in total. The van der Waals surface area contributed by atoms with Crippen molar-refractivity contribution in [1.29, 1.82) is 0 Å². The van der Waals surface area contributed by atoms with Crippen molar-refractivity contribution in [3.05, 3.63) is 66.5 Å². The van der Waals surface area contributed by atoms with Gasteiger partial charge in [-0.2, -0.15) is 0 Å². The van der Waals surface area contributed by atoms with Gasteiger partial charge in [-0.25, -0.2) is 0 Å². The van der Waals surface area contributed by atoms with Crippen molar-refractivity contribution >= 4 is 29.8 Å². The molecule has 0 unspecified atom stereocenters. The summed E-state index contributed by atoms with van der Waals surface area (Å²) in [5.41, 5.74) is 9.56. The third kappa shape index (κ3) is 326. The molecule has 0 aromatic carbocycles. The van der Waals surface area contributed by atoms with Crippen LogP contribution >= 0.6 is 0 Å². The average molecular weight is 887 g/mol. The van der Waals surface area contributed by atoms with Crippen LogP contribution in [0.3, 0.4) is 0 Å². The second-order valence-electron chi connectivity index (χ2n) is 2.18. The normalized spacial score (nSPS) is 3.87. The van der Waals surface area contributed by atoms with E-state index in [1.54, 1.807) is 0 Å². The monoisotopic (exact) mass is 887 g/mol. The summed E-state index contributed by atoms with van der Waals surface area (Å²) in [6.45, 7) is 45.0. The van der Waals surface area contributed by atoms with Gasteiger partial charge in [-0.05, 0) is 0 Å². The first-order chi connectivity index (χ1) is 13.6. The molecule has 0 saturated heterocycles. The zero-order valence-corrected chi connectivity index (χ0v) is 25.9. The van der Waals surface area contributed by atoms with Gasteiger partial charge in [-0.1, -0.05) is 0 Å². The van der Waals surface area contributed by atoms with E-state index in [9.17, 15) is 0 Å². The maximum atomic E-state index is 7.50.